The number of carbonyl (C=O) groups excluding carboxylic acids is 1. The summed E-state index contributed by atoms with van der Waals surface area (Å²) in [4.78, 5) is 11.8. The minimum absolute atomic E-state index is 0.141. The smallest absolute Gasteiger partial charge is 0.241 e. The molecule has 1 rings (SSSR count). The van der Waals surface area contributed by atoms with Gasteiger partial charge in [0.2, 0.25) is 5.91 Å². The number of amides is 1. The highest BCUT2D eigenvalue weighted by molar-refractivity contribution is 5.95. The highest BCUT2D eigenvalue weighted by Gasteiger charge is 2.27. The number of hydrogen-bond donors (Lipinski definition) is 2. The molecule has 0 aromatic heterocycles. The monoisotopic (exact) mass is 220 g/mol. The lowest BCUT2D eigenvalue weighted by Gasteiger charge is -2.25. The summed E-state index contributed by atoms with van der Waals surface area (Å²) in [5, 5.41) is 2.83. The quantitative estimate of drug-likeness (QED) is 0.803. The van der Waals surface area contributed by atoms with Crippen LogP contribution < -0.4 is 11.1 Å². The van der Waals surface area contributed by atoms with Crippen LogP contribution in [0.3, 0.4) is 0 Å². The number of benzene rings is 1. The van der Waals surface area contributed by atoms with Crippen LogP contribution >= 0.6 is 0 Å². The van der Waals surface area contributed by atoms with Crippen molar-refractivity contribution < 1.29 is 4.79 Å². The minimum Gasteiger partial charge on any atom is -0.325 e. The van der Waals surface area contributed by atoms with Crippen molar-refractivity contribution >= 4 is 11.6 Å². The van der Waals surface area contributed by atoms with Gasteiger partial charge in [0, 0.05) is 5.69 Å². The average Bonchev–Trinajstić information content (AvgIpc) is 2.15. The van der Waals surface area contributed by atoms with E-state index in [0.29, 0.717) is 0 Å². The van der Waals surface area contributed by atoms with Gasteiger partial charge in [-0.15, -0.1) is 0 Å². The fraction of sp³-hybridized carbons (Fsp3) is 0.462. The van der Waals surface area contributed by atoms with E-state index in [-0.39, 0.29) is 11.3 Å². The fourth-order valence-electron chi connectivity index (χ4n) is 1.34. The summed E-state index contributed by atoms with van der Waals surface area (Å²) in [6, 6.07) is 7.17. The number of aryl methyl sites for hydroxylation is 1. The van der Waals surface area contributed by atoms with E-state index in [9.17, 15) is 4.79 Å². The lowest BCUT2D eigenvalue weighted by molar-refractivity contribution is -0.119. The first-order valence-corrected chi connectivity index (χ1v) is 5.44. The van der Waals surface area contributed by atoms with Gasteiger partial charge in [-0.2, -0.15) is 0 Å². The number of rotatable bonds is 2. The molecular weight excluding hydrogens is 200 g/mol. The molecule has 3 nitrogen and oxygen atoms in total. The molecule has 0 bridgehead atoms. The highest BCUT2D eigenvalue weighted by Crippen LogP contribution is 2.19. The molecule has 0 aliphatic carbocycles. The lowest BCUT2D eigenvalue weighted by Crippen LogP contribution is -2.45. The number of nitrogens with one attached hydrogen (secondary N) is 1. The summed E-state index contributed by atoms with van der Waals surface area (Å²) in [5.41, 5.74) is 7.55. The summed E-state index contributed by atoms with van der Waals surface area (Å²) in [5.74, 6) is -0.141. The van der Waals surface area contributed by atoms with Crippen LogP contribution in [0.15, 0.2) is 24.3 Å². The highest BCUT2D eigenvalue weighted by atomic mass is 16.2. The lowest BCUT2D eigenvalue weighted by atomic mass is 9.87. The molecule has 0 spiro atoms. The third-order valence-corrected chi connectivity index (χ3v) is 2.50. The SMILES string of the molecule is Cc1cccc(NC(=O)[C@@H](N)C(C)(C)C)c1. The maximum absolute atomic E-state index is 11.8. The van der Waals surface area contributed by atoms with Crippen molar-refractivity contribution in [3.05, 3.63) is 29.8 Å². The number of nitrogens with two attached hydrogens (primary N) is 1. The van der Waals surface area contributed by atoms with Gasteiger partial charge in [-0.05, 0) is 30.0 Å². The van der Waals surface area contributed by atoms with E-state index in [0.717, 1.165) is 11.3 Å². The van der Waals surface area contributed by atoms with Gasteiger partial charge in [-0.25, -0.2) is 0 Å². The summed E-state index contributed by atoms with van der Waals surface area (Å²) >= 11 is 0. The minimum atomic E-state index is -0.506. The van der Waals surface area contributed by atoms with E-state index >= 15 is 0 Å². The van der Waals surface area contributed by atoms with Gasteiger partial charge < -0.3 is 11.1 Å². The molecule has 1 atom stereocenters. The van der Waals surface area contributed by atoms with E-state index in [1.807, 2.05) is 52.0 Å². The number of carbonyl (C=O) groups is 1. The van der Waals surface area contributed by atoms with E-state index in [1.165, 1.54) is 0 Å². The second kappa shape index (κ2) is 4.66. The molecule has 3 heteroatoms. The van der Waals surface area contributed by atoms with Crippen molar-refractivity contribution in [3.8, 4) is 0 Å². The van der Waals surface area contributed by atoms with Gasteiger partial charge in [0.05, 0.1) is 6.04 Å². The first kappa shape index (κ1) is 12.7. The molecule has 0 saturated heterocycles. The Kier molecular flexibility index (Phi) is 3.70. The van der Waals surface area contributed by atoms with E-state index < -0.39 is 6.04 Å². The second-order valence-corrected chi connectivity index (χ2v) is 5.20. The Bertz CT molecular complexity index is 380. The molecular formula is C13H20N2O. The summed E-state index contributed by atoms with van der Waals surface area (Å²) in [6.45, 7) is 7.84. The van der Waals surface area contributed by atoms with Crippen LogP contribution in [0.1, 0.15) is 26.3 Å². The van der Waals surface area contributed by atoms with Crippen LogP contribution in [0.5, 0.6) is 0 Å². The second-order valence-electron chi connectivity index (χ2n) is 5.20. The molecule has 1 amide bonds. The zero-order chi connectivity index (χ0) is 12.3. The third kappa shape index (κ3) is 3.35. The van der Waals surface area contributed by atoms with Gasteiger partial charge >= 0.3 is 0 Å². The normalized spacial score (nSPS) is 13.3. The maximum atomic E-state index is 11.8. The molecule has 0 radical (unpaired) electrons. The van der Waals surface area contributed by atoms with Gasteiger partial charge in [0.15, 0.2) is 0 Å². The predicted molar refractivity (Wildman–Crippen MR) is 67.2 cm³/mol. The van der Waals surface area contributed by atoms with Gasteiger partial charge in [-0.1, -0.05) is 32.9 Å². The first-order valence-electron chi connectivity index (χ1n) is 5.44. The van der Waals surface area contributed by atoms with Crippen LogP contribution in [-0.2, 0) is 4.79 Å². The molecule has 1 aromatic rings. The summed E-state index contributed by atoms with van der Waals surface area (Å²) < 4.78 is 0. The van der Waals surface area contributed by atoms with Crippen molar-refractivity contribution in [3.63, 3.8) is 0 Å². The fourth-order valence-corrected chi connectivity index (χ4v) is 1.34. The van der Waals surface area contributed by atoms with Gasteiger partial charge in [0.1, 0.15) is 0 Å². The standard InChI is InChI=1S/C13H20N2O/c1-9-6-5-7-10(8-9)15-12(16)11(14)13(2,3)4/h5-8,11H,14H2,1-4H3,(H,15,16)/t11-/m1/s1. The van der Waals surface area contributed by atoms with Gasteiger partial charge in [0.25, 0.3) is 0 Å². The Morgan fingerprint density at radius 3 is 2.50 bits per heavy atom. The summed E-state index contributed by atoms with van der Waals surface area (Å²) in [7, 11) is 0. The largest absolute Gasteiger partial charge is 0.325 e. The first-order chi connectivity index (χ1) is 7.30. The molecule has 88 valence electrons. The van der Waals surface area contributed by atoms with Crippen molar-refractivity contribution in [2.75, 3.05) is 5.32 Å². The molecule has 0 aliphatic heterocycles. The maximum Gasteiger partial charge on any atom is 0.241 e. The molecule has 16 heavy (non-hydrogen) atoms. The zero-order valence-corrected chi connectivity index (χ0v) is 10.4. The third-order valence-electron chi connectivity index (χ3n) is 2.50. The van der Waals surface area contributed by atoms with Crippen LogP contribution in [0, 0.1) is 12.3 Å². The van der Waals surface area contributed by atoms with E-state index in [1.54, 1.807) is 0 Å². The van der Waals surface area contributed by atoms with E-state index in [2.05, 4.69) is 5.32 Å². The Hall–Kier alpha value is -1.35. The molecule has 3 N–H and O–H groups in total. The molecule has 0 aliphatic rings. The van der Waals surface area contributed by atoms with Crippen LogP contribution in [0.25, 0.3) is 0 Å². The Morgan fingerprint density at radius 1 is 1.38 bits per heavy atom. The predicted octanol–water partition coefficient (Wildman–Crippen LogP) is 2.31. The number of anilines is 1. The van der Waals surface area contributed by atoms with Crippen LogP contribution in [-0.4, -0.2) is 11.9 Å². The Morgan fingerprint density at radius 2 is 2.00 bits per heavy atom. The topological polar surface area (TPSA) is 55.1 Å². The molecule has 0 saturated carbocycles. The molecule has 0 unspecified atom stereocenters. The van der Waals surface area contributed by atoms with Crippen LogP contribution in [0.4, 0.5) is 5.69 Å². The van der Waals surface area contributed by atoms with Crippen LogP contribution in [0.2, 0.25) is 0 Å². The number of hydrogen-bond acceptors (Lipinski definition) is 2. The summed E-state index contributed by atoms with van der Waals surface area (Å²) in [6.07, 6.45) is 0. The van der Waals surface area contributed by atoms with Crippen molar-refractivity contribution in [2.45, 2.75) is 33.7 Å². The van der Waals surface area contributed by atoms with Crippen molar-refractivity contribution in [1.82, 2.24) is 0 Å². The Balaban J connectivity index is 2.72. The molecule has 1 aromatic carbocycles. The van der Waals surface area contributed by atoms with Crippen molar-refractivity contribution in [1.29, 1.82) is 0 Å². The Labute approximate surface area is 97.0 Å². The van der Waals surface area contributed by atoms with Gasteiger partial charge in [-0.3, -0.25) is 4.79 Å². The molecule has 0 fully saturated rings. The zero-order valence-electron chi connectivity index (χ0n) is 10.4. The average molecular weight is 220 g/mol. The van der Waals surface area contributed by atoms with E-state index in [4.69, 9.17) is 5.73 Å². The molecule has 0 heterocycles. The van der Waals surface area contributed by atoms with Crippen molar-refractivity contribution in [2.24, 2.45) is 11.1 Å².